The molecule has 1 nitrogen and oxygen atoms in total. The molecule has 0 N–H and O–H groups in total. The van der Waals surface area contributed by atoms with Gasteiger partial charge in [0.15, 0.2) is 0 Å². The Balaban J connectivity index is 2.01. The first kappa shape index (κ1) is 12.0. The molecule has 0 radical (unpaired) electrons. The lowest BCUT2D eigenvalue weighted by molar-refractivity contribution is 0.419. The normalized spacial score (nSPS) is 18.9. The molecule has 0 aliphatic heterocycles. The molecule has 2 aromatic rings. The van der Waals surface area contributed by atoms with Gasteiger partial charge in [-0.3, -0.25) is 4.98 Å². The number of pyridine rings is 1. The molecular weight excluding hydrogens is 242 g/mol. The van der Waals surface area contributed by atoms with E-state index in [1.807, 2.05) is 18.2 Å². The van der Waals surface area contributed by atoms with Crippen LogP contribution in [-0.4, -0.2) is 4.98 Å². The van der Waals surface area contributed by atoms with Crippen LogP contribution in [0.4, 0.5) is 0 Å². The molecule has 18 heavy (non-hydrogen) atoms. The summed E-state index contributed by atoms with van der Waals surface area (Å²) in [4.78, 5) is 4.79. The molecule has 1 aliphatic rings. The van der Waals surface area contributed by atoms with E-state index in [0.29, 0.717) is 0 Å². The Labute approximate surface area is 113 Å². The van der Waals surface area contributed by atoms with E-state index in [1.165, 1.54) is 42.3 Å². The van der Waals surface area contributed by atoms with E-state index in [0.717, 1.165) is 22.9 Å². The minimum absolute atomic E-state index is 0.796. The summed E-state index contributed by atoms with van der Waals surface area (Å²) < 4.78 is 0. The Kier molecular flexibility index (Phi) is 3.25. The molecule has 0 unspecified atom stereocenters. The molecule has 1 aromatic carbocycles. The second-order valence-corrected chi connectivity index (χ2v) is 5.77. The van der Waals surface area contributed by atoms with Crippen molar-refractivity contribution in [2.24, 2.45) is 5.92 Å². The highest BCUT2D eigenvalue weighted by Crippen LogP contribution is 2.30. The fraction of sp³-hybridized carbons (Fsp3) is 0.438. The van der Waals surface area contributed by atoms with Crippen LogP contribution in [0.2, 0.25) is 5.02 Å². The highest BCUT2D eigenvalue weighted by Gasteiger charge is 2.19. The molecule has 2 heteroatoms. The summed E-state index contributed by atoms with van der Waals surface area (Å²) in [5.74, 6) is 0.848. The number of aromatic nitrogens is 1. The maximum absolute atomic E-state index is 6.05. The van der Waals surface area contributed by atoms with Crippen LogP contribution in [0.5, 0.6) is 0 Å². The largest absolute Gasteiger partial charge is 0.253 e. The first-order valence-electron chi connectivity index (χ1n) is 6.84. The number of rotatable bonds is 2. The van der Waals surface area contributed by atoms with Gasteiger partial charge >= 0.3 is 0 Å². The van der Waals surface area contributed by atoms with Crippen molar-refractivity contribution in [2.45, 2.75) is 39.0 Å². The average molecular weight is 260 g/mol. The van der Waals surface area contributed by atoms with E-state index in [4.69, 9.17) is 16.6 Å². The molecule has 1 atom stereocenters. The highest BCUT2D eigenvalue weighted by atomic mass is 35.5. The minimum atomic E-state index is 0.796. The van der Waals surface area contributed by atoms with Crippen LogP contribution in [0.25, 0.3) is 10.9 Å². The van der Waals surface area contributed by atoms with Crippen molar-refractivity contribution in [3.05, 3.63) is 40.5 Å². The van der Waals surface area contributed by atoms with Crippen molar-refractivity contribution in [3.8, 4) is 0 Å². The van der Waals surface area contributed by atoms with Gasteiger partial charge in [0.05, 0.1) is 5.52 Å². The van der Waals surface area contributed by atoms with E-state index >= 15 is 0 Å². The van der Waals surface area contributed by atoms with Crippen LogP contribution in [0, 0.1) is 5.92 Å². The van der Waals surface area contributed by atoms with Gasteiger partial charge in [-0.2, -0.15) is 0 Å². The van der Waals surface area contributed by atoms with Crippen LogP contribution in [0.15, 0.2) is 24.3 Å². The predicted molar refractivity (Wildman–Crippen MR) is 77.2 cm³/mol. The zero-order valence-corrected chi connectivity index (χ0v) is 11.5. The molecule has 0 amide bonds. The van der Waals surface area contributed by atoms with E-state index in [1.54, 1.807) is 0 Å². The van der Waals surface area contributed by atoms with Gasteiger partial charge in [0, 0.05) is 16.1 Å². The molecule has 0 fully saturated rings. The Morgan fingerprint density at radius 3 is 3.06 bits per heavy atom. The minimum Gasteiger partial charge on any atom is -0.253 e. The van der Waals surface area contributed by atoms with Gasteiger partial charge in [-0.25, -0.2) is 0 Å². The third-order valence-electron chi connectivity index (χ3n) is 3.94. The van der Waals surface area contributed by atoms with Crippen LogP contribution in [0.3, 0.4) is 0 Å². The van der Waals surface area contributed by atoms with E-state index < -0.39 is 0 Å². The third kappa shape index (κ3) is 2.24. The van der Waals surface area contributed by atoms with Crippen molar-refractivity contribution in [1.82, 2.24) is 4.98 Å². The lowest BCUT2D eigenvalue weighted by Gasteiger charge is -2.24. The zero-order valence-electron chi connectivity index (χ0n) is 10.7. The van der Waals surface area contributed by atoms with Gasteiger partial charge in [-0.05, 0) is 55.0 Å². The molecule has 1 aliphatic carbocycles. The molecule has 0 saturated carbocycles. The molecule has 3 rings (SSSR count). The van der Waals surface area contributed by atoms with Crippen molar-refractivity contribution in [3.63, 3.8) is 0 Å². The summed E-state index contributed by atoms with van der Waals surface area (Å²) >= 11 is 6.05. The topological polar surface area (TPSA) is 12.9 Å². The quantitative estimate of drug-likeness (QED) is 0.755. The van der Waals surface area contributed by atoms with Gasteiger partial charge in [-0.15, -0.1) is 0 Å². The molecule has 1 heterocycles. The van der Waals surface area contributed by atoms with E-state index in [9.17, 15) is 0 Å². The van der Waals surface area contributed by atoms with Gasteiger partial charge in [0.1, 0.15) is 0 Å². The summed E-state index contributed by atoms with van der Waals surface area (Å²) in [5.41, 5.74) is 3.82. The fourth-order valence-electron chi connectivity index (χ4n) is 3.03. The SMILES string of the molecule is CCC[C@H]1CCc2nc3ccc(Cl)cc3cc2C1. The lowest BCUT2D eigenvalue weighted by atomic mass is 9.83. The summed E-state index contributed by atoms with van der Waals surface area (Å²) in [6.45, 7) is 2.27. The Morgan fingerprint density at radius 1 is 1.33 bits per heavy atom. The number of nitrogens with zero attached hydrogens (tertiary/aromatic N) is 1. The molecule has 1 aromatic heterocycles. The maximum Gasteiger partial charge on any atom is 0.0706 e. The number of fused-ring (bicyclic) bond motifs is 2. The van der Waals surface area contributed by atoms with Crippen LogP contribution in [-0.2, 0) is 12.8 Å². The summed E-state index contributed by atoms with van der Waals surface area (Å²) in [5, 5.41) is 1.98. The number of benzene rings is 1. The summed E-state index contributed by atoms with van der Waals surface area (Å²) in [7, 11) is 0. The second kappa shape index (κ2) is 4.89. The van der Waals surface area contributed by atoms with Gasteiger partial charge < -0.3 is 0 Å². The van der Waals surface area contributed by atoms with Crippen molar-refractivity contribution in [1.29, 1.82) is 0 Å². The van der Waals surface area contributed by atoms with Crippen molar-refractivity contribution >= 4 is 22.5 Å². The zero-order chi connectivity index (χ0) is 12.5. The molecule has 0 saturated heterocycles. The Bertz CT molecular complexity index is 577. The van der Waals surface area contributed by atoms with Crippen LogP contribution in [0.1, 0.15) is 37.4 Å². The third-order valence-corrected chi connectivity index (χ3v) is 4.18. The van der Waals surface area contributed by atoms with Gasteiger partial charge in [0.2, 0.25) is 0 Å². The van der Waals surface area contributed by atoms with Gasteiger partial charge in [-0.1, -0.05) is 31.4 Å². The number of hydrogen-bond acceptors (Lipinski definition) is 1. The molecule has 94 valence electrons. The van der Waals surface area contributed by atoms with Crippen molar-refractivity contribution in [2.75, 3.05) is 0 Å². The Morgan fingerprint density at radius 2 is 2.22 bits per heavy atom. The summed E-state index contributed by atoms with van der Waals surface area (Å²) in [6, 6.07) is 8.26. The van der Waals surface area contributed by atoms with Crippen LogP contribution < -0.4 is 0 Å². The average Bonchev–Trinajstić information content (AvgIpc) is 2.36. The van der Waals surface area contributed by atoms with Gasteiger partial charge in [0.25, 0.3) is 0 Å². The monoisotopic (exact) mass is 259 g/mol. The van der Waals surface area contributed by atoms with Crippen molar-refractivity contribution < 1.29 is 0 Å². The smallest absolute Gasteiger partial charge is 0.0706 e. The number of aryl methyl sites for hydroxylation is 1. The Hall–Kier alpha value is -1.08. The number of halogens is 1. The van der Waals surface area contributed by atoms with Crippen LogP contribution >= 0.6 is 11.6 Å². The second-order valence-electron chi connectivity index (χ2n) is 5.33. The molecule has 0 bridgehead atoms. The lowest BCUT2D eigenvalue weighted by Crippen LogP contribution is -2.15. The molecule has 0 spiro atoms. The summed E-state index contributed by atoms with van der Waals surface area (Å²) in [6.07, 6.45) is 6.25. The predicted octanol–water partition coefficient (Wildman–Crippen LogP) is 4.79. The molecular formula is C16H18ClN. The highest BCUT2D eigenvalue weighted by molar-refractivity contribution is 6.31. The van der Waals surface area contributed by atoms with E-state index in [2.05, 4.69) is 13.0 Å². The fourth-order valence-corrected chi connectivity index (χ4v) is 3.21. The maximum atomic E-state index is 6.05. The van der Waals surface area contributed by atoms with E-state index in [-0.39, 0.29) is 0 Å². The number of hydrogen-bond donors (Lipinski definition) is 0. The first-order chi connectivity index (χ1) is 8.76. The first-order valence-corrected chi connectivity index (χ1v) is 7.22. The standard InChI is InChI=1S/C16H18ClN/c1-2-3-11-4-6-15-12(8-11)9-13-10-14(17)5-7-16(13)18-15/h5,7,9-11H,2-4,6,8H2,1H3/t11-/m0/s1.